The van der Waals surface area contributed by atoms with Crippen LogP contribution in [0.15, 0.2) is 35.4 Å². The normalized spacial score (nSPS) is 15.1. The Morgan fingerprint density at radius 1 is 1.30 bits per heavy atom. The van der Waals surface area contributed by atoms with Crippen molar-refractivity contribution >= 4 is 19.8 Å². The van der Waals surface area contributed by atoms with E-state index in [9.17, 15) is 8.42 Å². The Morgan fingerprint density at radius 2 is 2.05 bits per heavy atom. The lowest BCUT2D eigenvalue weighted by Gasteiger charge is -2.09. The molecule has 1 aromatic heterocycles. The standard InChI is InChI=1S/C13H15N3O2S2/c1-10-2-4-12(5-3-10)20(17,18)19-16-9-11-8-14-7-6-13(11)15-16/h2-5,9,14H,6-8H2,1H3. The van der Waals surface area contributed by atoms with Gasteiger partial charge in [-0.05, 0) is 19.1 Å². The fourth-order valence-electron chi connectivity index (χ4n) is 2.09. The first-order valence-corrected chi connectivity index (χ1v) is 9.12. The number of nitrogens with zero attached hydrogens (tertiary/aromatic N) is 2. The van der Waals surface area contributed by atoms with E-state index in [-0.39, 0.29) is 0 Å². The molecule has 2 heterocycles. The molecule has 5 nitrogen and oxygen atoms in total. The number of benzene rings is 1. The topological polar surface area (TPSA) is 64.0 Å². The summed E-state index contributed by atoms with van der Waals surface area (Å²) in [5, 5.41) is 7.58. The van der Waals surface area contributed by atoms with Crippen molar-refractivity contribution in [3.63, 3.8) is 0 Å². The highest BCUT2D eigenvalue weighted by atomic mass is 33.1. The summed E-state index contributed by atoms with van der Waals surface area (Å²) in [6.45, 7) is 3.57. The minimum absolute atomic E-state index is 0.305. The maximum atomic E-state index is 12.3. The Kier molecular flexibility index (Phi) is 3.57. The number of nitrogens with one attached hydrogen (secondary N) is 1. The zero-order valence-corrected chi connectivity index (χ0v) is 12.7. The molecule has 3 rings (SSSR count). The van der Waals surface area contributed by atoms with E-state index < -0.39 is 8.87 Å². The van der Waals surface area contributed by atoms with Crippen LogP contribution in [0.3, 0.4) is 0 Å². The summed E-state index contributed by atoms with van der Waals surface area (Å²) < 4.78 is 26.1. The minimum atomic E-state index is -3.43. The second kappa shape index (κ2) is 5.23. The molecule has 0 radical (unpaired) electrons. The van der Waals surface area contributed by atoms with Gasteiger partial charge in [-0.3, -0.25) is 0 Å². The van der Waals surface area contributed by atoms with Gasteiger partial charge < -0.3 is 5.32 Å². The van der Waals surface area contributed by atoms with Crippen LogP contribution in [0.25, 0.3) is 0 Å². The predicted molar refractivity (Wildman–Crippen MR) is 79.0 cm³/mol. The van der Waals surface area contributed by atoms with Gasteiger partial charge in [0.05, 0.1) is 10.6 Å². The van der Waals surface area contributed by atoms with Gasteiger partial charge in [0.1, 0.15) is 11.0 Å². The van der Waals surface area contributed by atoms with Crippen LogP contribution < -0.4 is 5.32 Å². The third-order valence-corrected chi connectivity index (χ3v) is 6.20. The first-order chi connectivity index (χ1) is 9.54. The van der Waals surface area contributed by atoms with Gasteiger partial charge in [0.2, 0.25) is 0 Å². The summed E-state index contributed by atoms with van der Waals surface area (Å²) in [7, 11) is -2.68. The summed E-state index contributed by atoms with van der Waals surface area (Å²) in [6, 6.07) is 6.85. The molecule has 0 saturated heterocycles. The first-order valence-electron chi connectivity index (χ1n) is 6.34. The molecule has 0 saturated carbocycles. The van der Waals surface area contributed by atoms with Gasteiger partial charge in [-0.15, -0.1) is 0 Å². The molecule has 20 heavy (non-hydrogen) atoms. The van der Waals surface area contributed by atoms with Crippen LogP contribution in [0.4, 0.5) is 0 Å². The van der Waals surface area contributed by atoms with Crippen LogP contribution in [0.5, 0.6) is 0 Å². The lowest BCUT2D eigenvalue weighted by atomic mass is 10.1. The van der Waals surface area contributed by atoms with Gasteiger partial charge >= 0.3 is 0 Å². The Morgan fingerprint density at radius 3 is 2.75 bits per heavy atom. The number of rotatable bonds is 3. The number of hydrogen-bond donors (Lipinski definition) is 1. The van der Waals surface area contributed by atoms with Crippen molar-refractivity contribution in [1.82, 2.24) is 14.5 Å². The number of aryl methyl sites for hydroxylation is 1. The van der Waals surface area contributed by atoms with Gasteiger partial charge in [-0.2, -0.15) is 9.19 Å². The smallest absolute Gasteiger partial charge is 0.251 e. The van der Waals surface area contributed by atoms with Crippen molar-refractivity contribution in [3.8, 4) is 0 Å². The summed E-state index contributed by atoms with van der Waals surface area (Å²) in [5.41, 5.74) is 3.09. The zero-order valence-electron chi connectivity index (χ0n) is 11.0. The lowest BCUT2D eigenvalue weighted by Crippen LogP contribution is -2.22. The molecule has 0 spiro atoms. The molecule has 7 heteroatoms. The van der Waals surface area contributed by atoms with E-state index in [0.717, 1.165) is 47.3 Å². The van der Waals surface area contributed by atoms with Crippen molar-refractivity contribution in [2.24, 2.45) is 0 Å². The fourth-order valence-corrected chi connectivity index (χ4v) is 4.58. The van der Waals surface area contributed by atoms with Crippen LogP contribution in [0.1, 0.15) is 16.8 Å². The van der Waals surface area contributed by atoms with Gasteiger partial charge in [0, 0.05) is 31.3 Å². The van der Waals surface area contributed by atoms with E-state index in [2.05, 4.69) is 10.4 Å². The molecule has 0 amide bonds. The zero-order chi connectivity index (χ0) is 14.2. The SMILES string of the molecule is Cc1ccc(S(=O)(=O)Sn2cc3c(n2)CCNC3)cc1. The largest absolute Gasteiger partial charge is 0.312 e. The number of aromatic nitrogens is 2. The van der Waals surface area contributed by atoms with Gasteiger partial charge in [0.15, 0.2) is 0 Å². The van der Waals surface area contributed by atoms with E-state index in [1.165, 1.54) is 4.09 Å². The Balaban J connectivity index is 1.86. The van der Waals surface area contributed by atoms with E-state index in [1.807, 2.05) is 6.92 Å². The number of hydrogen-bond acceptors (Lipinski definition) is 5. The molecule has 0 aliphatic carbocycles. The monoisotopic (exact) mass is 309 g/mol. The molecule has 0 bridgehead atoms. The maximum Gasteiger partial charge on any atom is 0.251 e. The second-order valence-electron chi connectivity index (χ2n) is 4.77. The number of fused-ring (bicyclic) bond motifs is 1. The average molecular weight is 309 g/mol. The first kappa shape index (κ1) is 13.7. The van der Waals surface area contributed by atoms with Crippen LogP contribution >= 0.6 is 11.0 Å². The third kappa shape index (κ3) is 2.74. The molecule has 0 unspecified atom stereocenters. The quantitative estimate of drug-likeness (QED) is 0.875. The van der Waals surface area contributed by atoms with Gasteiger partial charge in [-0.25, -0.2) is 8.42 Å². The Labute approximate surface area is 121 Å². The highest BCUT2D eigenvalue weighted by molar-refractivity contribution is 8.71. The maximum absolute atomic E-state index is 12.3. The van der Waals surface area contributed by atoms with Crippen LogP contribution in [0, 0.1) is 6.92 Å². The summed E-state index contributed by atoms with van der Waals surface area (Å²) in [6.07, 6.45) is 2.63. The molecule has 106 valence electrons. The summed E-state index contributed by atoms with van der Waals surface area (Å²) in [5.74, 6) is 0. The third-order valence-electron chi connectivity index (χ3n) is 3.19. The van der Waals surface area contributed by atoms with Gasteiger partial charge in [-0.1, -0.05) is 17.7 Å². The highest BCUT2D eigenvalue weighted by Gasteiger charge is 2.20. The predicted octanol–water partition coefficient (Wildman–Crippen LogP) is 1.72. The van der Waals surface area contributed by atoms with Crippen LogP contribution in [-0.4, -0.2) is 24.1 Å². The highest BCUT2D eigenvalue weighted by Crippen LogP contribution is 2.26. The Hall–Kier alpha value is -1.31. The van der Waals surface area contributed by atoms with E-state index in [0.29, 0.717) is 4.90 Å². The molecule has 1 aliphatic heterocycles. The van der Waals surface area contributed by atoms with Crippen molar-refractivity contribution in [3.05, 3.63) is 47.3 Å². The lowest BCUT2D eigenvalue weighted by molar-refractivity contribution is 0.610. The minimum Gasteiger partial charge on any atom is -0.312 e. The molecule has 0 atom stereocenters. The van der Waals surface area contributed by atoms with Gasteiger partial charge in [0.25, 0.3) is 8.87 Å². The average Bonchev–Trinajstić information content (AvgIpc) is 2.80. The molecule has 0 fully saturated rings. The van der Waals surface area contributed by atoms with Crippen molar-refractivity contribution in [2.45, 2.75) is 24.8 Å². The summed E-state index contributed by atoms with van der Waals surface area (Å²) >= 11 is 0. The van der Waals surface area contributed by atoms with Crippen LogP contribution in [0.2, 0.25) is 0 Å². The molecular weight excluding hydrogens is 294 g/mol. The second-order valence-corrected chi connectivity index (χ2v) is 8.44. The van der Waals surface area contributed by atoms with E-state index in [1.54, 1.807) is 30.5 Å². The molecule has 1 aliphatic rings. The molecular formula is C13H15N3O2S2. The summed E-state index contributed by atoms with van der Waals surface area (Å²) in [4.78, 5) is 0.305. The van der Waals surface area contributed by atoms with Crippen molar-refractivity contribution < 1.29 is 8.42 Å². The van der Waals surface area contributed by atoms with Crippen molar-refractivity contribution in [1.29, 1.82) is 0 Å². The van der Waals surface area contributed by atoms with Crippen molar-refractivity contribution in [2.75, 3.05) is 6.54 Å². The Bertz CT molecular complexity index is 697. The molecule has 1 aromatic carbocycles. The van der Waals surface area contributed by atoms with Crippen LogP contribution in [-0.2, 0) is 21.8 Å². The molecule has 2 aromatic rings. The fraction of sp³-hybridized carbons (Fsp3) is 0.308. The van der Waals surface area contributed by atoms with E-state index >= 15 is 0 Å². The molecule has 1 N–H and O–H groups in total. The van der Waals surface area contributed by atoms with E-state index in [4.69, 9.17) is 0 Å².